The fourth-order valence-electron chi connectivity index (χ4n) is 5.02. The average Bonchev–Trinajstić information content (AvgIpc) is 2.85. The number of ether oxygens (including phenoxy) is 5. The van der Waals surface area contributed by atoms with Gasteiger partial charge in [0.25, 0.3) is 0 Å². The Labute approximate surface area is 223 Å². The second-order valence-electron chi connectivity index (χ2n) is 9.55. The van der Waals surface area contributed by atoms with Crippen LogP contribution in [0.1, 0.15) is 51.7 Å². The molecule has 12 heteroatoms. The van der Waals surface area contributed by atoms with Crippen LogP contribution in [-0.4, -0.2) is 61.1 Å². The molecule has 12 nitrogen and oxygen atoms in total. The molecule has 1 aliphatic carbocycles. The van der Waals surface area contributed by atoms with Crippen LogP contribution in [0.4, 0.5) is 0 Å². The minimum atomic E-state index is -1.28. The second kappa shape index (κ2) is 11.9. The van der Waals surface area contributed by atoms with Crippen LogP contribution in [0.2, 0.25) is 0 Å². The molecule has 1 aromatic carbocycles. The molecule has 0 unspecified atom stereocenters. The summed E-state index contributed by atoms with van der Waals surface area (Å²) in [6.07, 6.45) is -1.53. The fraction of sp³-hybridized carbons (Fsp3) is 0.519. The van der Waals surface area contributed by atoms with Crippen molar-refractivity contribution in [3.05, 3.63) is 39.7 Å². The molecule has 2 aromatic rings. The Bertz CT molecular complexity index is 1330. The van der Waals surface area contributed by atoms with Crippen LogP contribution in [0.3, 0.4) is 0 Å². The van der Waals surface area contributed by atoms with Crippen LogP contribution in [0.5, 0.6) is 5.75 Å². The number of fused-ring (bicyclic) bond motifs is 3. The zero-order chi connectivity index (χ0) is 28.3. The standard InChI is InChI=1S/C27H31NO11/c1-13(29)28-23-25(36-16(4)32)24(35-15(3)31)22(12-34-14(2)30)39-27(23)37-17-9-10-19-18-7-5-6-8-20(18)26(33)38-21(19)11-17/h9-11,22-25,27H,5-8,12H2,1-4H3,(H,28,29)/t22-,23+,24-,25-,27-/m1/s1. The Kier molecular flexibility index (Phi) is 8.54. The van der Waals surface area contributed by atoms with Crippen LogP contribution in [0, 0.1) is 0 Å². The van der Waals surface area contributed by atoms with Crippen LogP contribution in [-0.2, 0) is 51.0 Å². The largest absolute Gasteiger partial charge is 0.463 e. The van der Waals surface area contributed by atoms with Crippen LogP contribution >= 0.6 is 0 Å². The van der Waals surface area contributed by atoms with E-state index in [1.165, 1.54) is 13.8 Å². The predicted octanol–water partition coefficient (Wildman–Crippen LogP) is 1.71. The number of hydrogen-bond acceptors (Lipinski definition) is 11. The van der Waals surface area contributed by atoms with E-state index in [1.54, 1.807) is 18.2 Å². The van der Waals surface area contributed by atoms with Crippen LogP contribution in [0.25, 0.3) is 11.0 Å². The molecule has 4 rings (SSSR count). The summed E-state index contributed by atoms with van der Waals surface area (Å²) in [6.45, 7) is 4.42. The molecule has 1 amide bonds. The zero-order valence-electron chi connectivity index (χ0n) is 22.1. The van der Waals surface area contributed by atoms with E-state index in [0.29, 0.717) is 17.6 Å². The van der Waals surface area contributed by atoms with E-state index in [0.717, 1.165) is 44.1 Å². The maximum Gasteiger partial charge on any atom is 0.339 e. The Morgan fingerprint density at radius 2 is 1.59 bits per heavy atom. The van der Waals surface area contributed by atoms with Gasteiger partial charge in [0, 0.05) is 44.7 Å². The lowest BCUT2D eigenvalue weighted by Gasteiger charge is -2.44. The zero-order valence-corrected chi connectivity index (χ0v) is 22.1. The van der Waals surface area contributed by atoms with Gasteiger partial charge in [0.15, 0.2) is 12.2 Å². The third kappa shape index (κ3) is 6.56. The third-order valence-corrected chi connectivity index (χ3v) is 6.52. The third-order valence-electron chi connectivity index (χ3n) is 6.52. The van der Waals surface area contributed by atoms with Crippen LogP contribution < -0.4 is 15.7 Å². The van der Waals surface area contributed by atoms with Crippen molar-refractivity contribution in [1.82, 2.24) is 5.32 Å². The molecule has 0 spiro atoms. The molecule has 5 atom stereocenters. The molecule has 0 bridgehead atoms. The molecule has 2 heterocycles. The Morgan fingerprint density at radius 3 is 2.23 bits per heavy atom. The minimum Gasteiger partial charge on any atom is -0.463 e. The van der Waals surface area contributed by atoms with E-state index in [4.69, 9.17) is 28.1 Å². The second-order valence-corrected chi connectivity index (χ2v) is 9.55. The molecular weight excluding hydrogens is 514 g/mol. The van der Waals surface area contributed by atoms with Gasteiger partial charge < -0.3 is 33.4 Å². The molecule has 1 aliphatic heterocycles. The van der Waals surface area contributed by atoms with Gasteiger partial charge in [-0.3, -0.25) is 19.2 Å². The van der Waals surface area contributed by atoms with Gasteiger partial charge in [-0.15, -0.1) is 0 Å². The SMILES string of the molecule is CC(=O)N[C@@H]1[C@H](Oc2ccc3c4c(c(=O)oc3c2)CCCC4)O[C@H](COC(C)=O)[C@@H](OC(C)=O)[C@@H]1OC(C)=O. The van der Waals surface area contributed by atoms with Crippen molar-refractivity contribution < 1.29 is 47.3 Å². The summed E-state index contributed by atoms with van der Waals surface area (Å²) in [5.41, 5.74) is 1.60. The van der Waals surface area contributed by atoms with E-state index in [9.17, 15) is 24.0 Å². The van der Waals surface area contributed by atoms with Gasteiger partial charge in [0.05, 0.1) is 0 Å². The van der Waals surface area contributed by atoms with Crippen molar-refractivity contribution in [2.24, 2.45) is 0 Å². The molecule has 0 radical (unpaired) electrons. The normalized spacial score (nSPS) is 24.3. The number of nitrogens with one attached hydrogen (secondary N) is 1. The van der Waals surface area contributed by atoms with E-state index < -0.39 is 54.5 Å². The van der Waals surface area contributed by atoms with E-state index in [2.05, 4.69) is 5.32 Å². The van der Waals surface area contributed by atoms with Crippen LogP contribution in [0.15, 0.2) is 27.4 Å². The molecule has 39 heavy (non-hydrogen) atoms. The van der Waals surface area contributed by atoms with Crippen molar-refractivity contribution in [2.45, 2.75) is 84.0 Å². The average molecular weight is 546 g/mol. The summed E-state index contributed by atoms with van der Waals surface area (Å²) in [7, 11) is 0. The number of hydrogen-bond donors (Lipinski definition) is 1. The van der Waals surface area contributed by atoms with E-state index in [1.807, 2.05) is 0 Å². The number of aryl methyl sites for hydroxylation is 1. The maximum atomic E-state index is 12.6. The van der Waals surface area contributed by atoms with E-state index >= 15 is 0 Å². The summed E-state index contributed by atoms with van der Waals surface area (Å²) < 4.78 is 33.7. The first-order valence-electron chi connectivity index (χ1n) is 12.7. The van der Waals surface area contributed by atoms with Gasteiger partial charge >= 0.3 is 23.5 Å². The first kappa shape index (κ1) is 28.1. The maximum absolute atomic E-state index is 12.6. The Balaban J connectivity index is 1.71. The van der Waals surface area contributed by atoms with Gasteiger partial charge in [-0.1, -0.05) is 0 Å². The minimum absolute atomic E-state index is 0.237. The summed E-state index contributed by atoms with van der Waals surface area (Å²) in [5.74, 6) is -2.29. The highest BCUT2D eigenvalue weighted by Crippen LogP contribution is 2.32. The highest BCUT2D eigenvalue weighted by atomic mass is 16.7. The Hall–Kier alpha value is -3.93. The first-order valence-corrected chi connectivity index (χ1v) is 12.7. The molecule has 210 valence electrons. The van der Waals surface area contributed by atoms with Crippen molar-refractivity contribution >= 4 is 34.8 Å². The number of carbonyl (C=O) groups is 4. The van der Waals surface area contributed by atoms with Gasteiger partial charge in [-0.2, -0.15) is 0 Å². The summed E-state index contributed by atoms with van der Waals surface area (Å²) >= 11 is 0. The van der Waals surface area contributed by atoms with Gasteiger partial charge in [-0.25, -0.2) is 4.79 Å². The fourth-order valence-corrected chi connectivity index (χ4v) is 5.02. The quantitative estimate of drug-likeness (QED) is 0.307. The monoisotopic (exact) mass is 545 g/mol. The summed E-state index contributed by atoms with van der Waals surface area (Å²) in [5, 5.41) is 3.45. The summed E-state index contributed by atoms with van der Waals surface area (Å²) in [6, 6.07) is 3.87. The number of carbonyl (C=O) groups excluding carboxylic acids is 4. The van der Waals surface area contributed by atoms with E-state index in [-0.39, 0.29) is 18.0 Å². The van der Waals surface area contributed by atoms with Gasteiger partial charge in [0.1, 0.15) is 30.1 Å². The predicted molar refractivity (Wildman–Crippen MR) is 134 cm³/mol. The molecule has 1 N–H and O–H groups in total. The van der Waals surface area contributed by atoms with Crippen molar-refractivity contribution in [1.29, 1.82) is 0 Å². The lowest BCUT2D eigenvalue weighted by molar-refractivity contribution is -0.257. The Morgan fingerprint density at radius 1 is 0.923 bits per heavy atom. The molecule has 2 aliphatic rings. The smallest absolute Gasteiger partial charge is 0.339 e. The molecule has 1 fully saturated rings. The molecule has 1 aromatic heterocycles. The highest BCUT2D eigenvalue weighted by molar-refractivity contribution is 5.83. The highest BCUT2D eigenvalue weighted by Gasteiger charge is 2.52. The summed E-state index contributed by atoms with van der Waals surface area (Å²) in [4.78, 5) is 60.1. The number of benzene rings is 1. The first-order chi connectivity index (χ1) is 18.5. The topological polar surface area (TPSA) is 157 Å². The molecule has 1 saturated heterocycles. The van der Waals surface area contributed by atoms with Crippen molar-refractivity contribution in [2.75, 3.05) is 6.61 Å². The number of esters is 3. The lowest BCUT2D eigenvalue weighted by Crippen LogP contribution is -2.67. The van der Waals surface area contributed by atoms with Gasteiger partial charge in [-0.05, 0) is 43.4 Å². The molecule has 0 saturated carbocycles. The number of amides is 1. The van der Waals surface area contributed by atoms with Crippen molar-refractivity contribution in [3.63, 3.8) is 0 Å². The lowest BCUT2D eigenvalue weighted by atomic mass is 9.91. The van der Waals surface area contributed by atoms with Crippen molar-refractivity contribution in [3.8, 4) is 5.75 Å². The number of rotatable bonds is 7. The van der Waals surface area contributed by atoms with Gasteiger partial charge in [0.2, 0.25) is 12.2 Å². The molecular formula is C27H31NO11.